The number of anilines is 1. The number of nitriles is 1. The number of aromatic amines is 1. The number of nitrogens with one attached hydrogen (secondary N) is 2. The molecule has 0 radical (unpaired) electrons. The fourth-order valence-corrected chi connectivity index (χ4v) is 3.56. The predicted molar refractivity (Wildman–Crippen MR) is 86.9 cm³/mol. The van der Waals surface area contributed by atoms with Gasteiger partial charge in [-0.3, -0.25) is 10.1 Å². The first-order valence-electron chi connectivity index (χ1n) is 7.84. The molecule has 7 heteroatoms. The van der Waals surface area contributed by atoms with E-state index in [2.05, 4.69) is 28.3 Å². The summed E-state index contributed by atoms with van der Waals surface area (Å²) in [7, 11) is 0. The second-order valence-corrected chi connectivity index (χ2v) is 6.28. The molecule has 0 aromatic carbocycles. The van der Waals surface area contributed by atoms with Gasteiger partial charge >= 0.3 is 5.69 Å². The van der Waals surface area contributed by atoms with E-state index in [1.807, 2.05) is 6.07 Å². The third-order valence-electron chi connectivity index (χ3n) is 4.74. The fraction of sp³-hybridized carbons (Fsp3) is 0.500. The molecule has 3 rings (SSSR count). The van der Waals surface area contributed by atoms with Crippen molar-refractivity contribution in [3.05, 3.63) is 28.6 Å². The van der Waals surface area contributed by atoms with Gasteiger partial charge in [0.15, 0.2) is 0 Å². The molecule has 3 atom stereocenters. The number of fused-ring (bicyclic) bond motifs is 1. The lowest BCUT2D eigenvalue weighted by Gasteiger charge is -2.19. The molecule has 0 aliphatic heterocycles. The van der Waals surface area contributed by atoms with Crippen molar-refractivity contribution < 1.29 is 4.92 Å². The fourth-order valence-electron chi connectivity index (χ4n) is 3.56. The van der Waals surface area contributed by atoms with E-state index in [0.29, 0.717) is 29.6 Å². The first-order chi connectivity index (χ1) is 11.1. The molecule has 2 N–H and O–H groups in total. The molecule has 1 fully saturated rings. The van der Waals surface area contributed by atoms with Crippen LogP contribution in [-0.4, -0.2) is 20.9 Å². The van der Waals surface area contributed by atoms with Gasteiger partial charge in [0, 0.05) is 24.0 Å². The lowest BCUT2D eigenvalue weighted by Crippen LogP contribution is -2.22. The maximum atomic E-state index is 11.3. The third-order valence-corrected chi connectivity index (χ3v) is 4.74. The lowest BCUT2D eigenvalue weighted by molar-refractivity contribution is -0.384. The summed E-state index contributed by atoms with van der Waals surface area (Å²) in [6, 6.07) is 4.19. The monoisotopic (exact) mass is 313 g/mol. The number of hydrogen-bond acceptors (Lipinski definition) is 5. The van der Waals surface area contributed by atoms with E-state index in [1.54, 1.807) is 6.20 Å². The summed E-state index contributed by atoms with van der Waals surface area (Å²) in [6.07, 6.45) is 6.50. The van der Waals surface area contributed by atoms with E-state index < -0.39 is 4.92 Å². The van der Waals surface area contributed by atoms with Gasteiger partial charge in [-0.25, -0.2) is 4.98 Å². The molecule has 1 aliphatic rings. The number of H-pyrrole nitrogens is 1. The Balaban J connectivity index is 1.86. The molecule has 1 saturated carbocycles. The molecule has 0 unspecified atom stereocenters. The van der Waals surface area contributed by atoms with E-state index in [1.165, 1.54) is 6.20 Å². The van der Waals surface area contributed by atoms with Crippen LogP contribution in [0.1, 0.15) is 32.6 Å². The summed E-state index contributed by atoms with van der Waals surface area (Å²) in [6.45, 7) is 2.16. The lowest BCUT2D eigenvalue weighted by atomic mass is 10.0. The van der Waals surface area contributed by atoms with E-state index in [4.69, 9.17) is 5.26 Å². The van der Waals surface area contributed by atoms with Crippen LogP contribution in [0.3, 0.4) is 0 Å². The van der Waals surface area contributed by atoms with Crippen LogP contribution >= 0.6 is 0 Å². The highest BCUT2D eigenvalue weighted by Gasteiger charge is 2.33. The van der Waals surface area contributed by atoms with Crippen LogP contribution in [-0.2, 0) is 0 Å². The maximum Gasteiger partial charge on any atom is 0.311 e. The number of pyridine rings is 1. The molecule has 7 nitrogen and oxygen atoms in total. The average Bonchev–Trinajstić information content (AvgIpc) is 3.12. The molecule has 2 aromatic rings. The highest BCUT2D eigenvalue weighted by atomic mass is 16.6. The van der Waals surface area contributed by atoms with Crippen molar-refractivity contribution in [3.8, 4) is 6.07 Å². The predicted octanol–water partition coefficient (Wildman–Crippen LogP) is 3.60. The Morgan fingerprint density at radius 1 is 1.57 bits per heavy atom. The van der Waals surface area contributed by atoms with Crippen LogP contribution in [0.2, 0.25) is 0 Å². The van der Waals surface area contributed by atoms with Crippen molar-refractivity contribution >= 4 is 22.4 Å². The minimum Gasteiger partial charge on any atom is -0.376 e. The van der Waals surface area contributed by atoms with Gasteiger partial charge in [-0.05, 0) is 37.2 Å². The molecule has 1 aliphatic carbocycles. The van der Waals surface area contributed by atoms with Crippen LogP contribution in [0.4, 0.5) is 11.4 Å². The minimum absolute atomic E-state index is 0.00442. The Morgan fingerprint density at radius 2 is 2.39 bits per heavy atom. The zero-order valence-electron chi connectivity index (χ0n) is 13.0. The summed E-state index contributed by atoms with van der Waals surface area (Å²) in [5, 5.41) is 24.2. The van der Waals surface area contributed by atoms with Gasteiger partial charge in [-0.1, -0.05) is 6.92 Å². The maximum absolute atomic E-state index is 11.3. The van der Waals surface area contributed by atoms with E-state index in [-0.39, 0.29) is 11.7 Å². The van der Waals surface area contributed by atoms with Gasteiger partial charge in [-0.15, -0.1) is 0 Å². The Labute approximate surface area is 133 Å². The Kier molecular flexibility index (Phi) is 4.15. The van der Waals surface area contributed by atoms with Crippen molar-refractivity contribution in [2.75, 3.05) is 5.32 Å². The second kappa shape index (κ2) is 6.24. The Hall–Kier alpha value is -2.62. The quantitative estimate of drug-likeness (QED) is 0.647. The van der Waals surface area contributed by atoms with Gasteiger partial charge in [-0.2, -0.15) is 5.26 Å². The summed E-state index contributed by atoms with van der Waals surface area (Å²) in [4.78, 5) is 18.0. The molecule has 0 amide bonds. The smallest absolute Gasteiger partial charge is 0.311 e. The van der Waals surface area contributed by atoms with Gasteiger partial charge in [0.05, 0.1) is 11.0 Å². The van der Waals surface area contributed by atoms with E-state index >= 15 is 0 Å². The SMILES string of the molecule is C[C@@H]1C[C@@H](CCC#N)C[C@@H]1Nc1c([N+](=O)[O-])cnc2[nH]ccc12. The Bertz CT molecular complexity index is 763. The van der Waals surface area contributed by atoms with Gasteiger partial charge in [0.2, 0.25) is 0 Å². The normalized spacial score (nSPS) is 23.7. The van der Waals surface area contributed by atoms with Crippen LogP contribution in [0.25, 0.3) is 11.0 Å². The molecule has 0 saturated heterocycles. The van der Waals surface area contributed by atoms with E-state index in [9.17, 15) is 10.1 Å². The van der Waals surface area contributed by atoms with Crippen LogP contribution in [0, 0.1) is 33.3 Å². The van der Waals surface area contributed by atoms with Crippen molar-refractivity contribution in [3.63, 3.8) is 0 Å². The van der Waals surface area contributed by atoms with Crippen LogP contribution < -0.4 is 5.32 Å². The van der Waals surface area contributed by atoms with Gasteiger partial charge < -0.3 is 10.3 Å². The van der Waals surface area contributed by atoms with Gasteiger partial charge in [0.25, 0.3) is 0 Å². The van der Waals surface area contributed by atoms with Crippen molar-refractivity contribution in [2.24, 2.45) is 11.8 Å². The van der Waals surface area contributed by atoms with Crippen LogP contribution in [0.5, 0.6) is 0 Å². The molecular formula is C16H19N5O2. The molecule has 2 heterocycles. The summed E-state index contributed by atoms with van der Waals surface area (Å²) < 4.78 is 0. The zero-order valence-corrected chi connectivity index (χ0v) is 13.0. The largest absolute Gasteiger partial charge is 0.376 e. The highest BCUT2D eigenvalue weighted by Crippen LogP contribution is 2.39. The number of hydrogen-bond donors (Lipinski definition) is 2. The third kappa shape index (κ3) is 2.97. The van der Waals surface area contributed by atoms with Crippen LogP contribution in [0.15, 0.2) is 18.5 Å². The minimum atomic E-state index is -0.394. The first-order valence-corrected chi connectivity index (χ1v) is 7.84. The molecule has 23 heavy (non-hydrogen) atoms. The number of nitro groups is 1. The Morgan fingerprint density at radius 3 is 3.13 bits per heavy atom. The second-order valence-electron chi connectivity index (χ2n) is 6.28. The molecule has 120 valence electrons. The number of aromatic nitrogens is 2. The molecule has 0 spiro atoms. The summed E-state index contributed by atoms with van der Waals surface area (Å²) in [5.74, 6) is 0.921. The molecule has 0 bridgehead atoms. The van der Waals surface area contributed by atoms with Gasteiger partial charge in [0.1, 0.15) is 17.5 Å². The van der Waals surface area contributed by atoms with Crippen molar-refractivity contribution in [1.29, 1.82) is 5.26 Å². The highest BCUT2D eigenvalue weighted by molar-refractivity contribution is 5.94. The summed E-state index contributed by atoms with van der Waals surface area (Å²) in [5.41, 5.74) is 1.19. The van der Waals surface area contributed by atoms with Crippen molar-refractivity contribution in [2.45, 2.75) is 38.6 Å². The van der Waals surface area contributed by atoms with Crippen molar-refractivity contribution in [1.82, 2.24) is 9.97 Å². The standard InChI is InChI=1S/C16H19N5O2/c1-10-7-11(3-2-5-17)8-13(10)20-15-12-4-6-18-16(12)19-9-14(15)21(22)23/h4,6,9-11,13H,2-3,7-8H2,1H3,(H2,18,19,20)/t10-,11-,13+/m1/s1. The number of nitrogens with zero attached hydrogens (tertiary/aromatic N) is 3. The topological polar surface area (TPSA) is 108 Å². The number of rotatable bonds is 5. The summed E-state index contributed by atoms with van der Waals surface area (Å²) >= 11 is 0. The molecule has 2 aromatic heterocycles. The molecular weight excluding hydrogens is 294 g/mol. The first kappa shape index (κ1) is 15.3. The van der Waals surface area contributed by atoms with E-state index in [0.717, 1.165) is 24.6 Å². The zero-order chi connectivity index (χ0) is 16.4. The average molecular weight is 313 g/mol.